The standard InChI is InChI=1S/C9H15N3/c1-6-5-12(11-9(6)10)7(2)8-3-4-8/h5,7-8H,3-4H2,1-2H3,(H2,10,11). The van der Waals surface area contributed by atoms with Crippen LogP contribution in [0, 0.1) is 12.8 Å². The van der Waals surface area contributed by atoms with Gasteiger partial charge in [-0.15, -0.1) is 0 Å². The number of aryl methyl sites for hydroxylation is 1. The summed E-state index contributed by atoms with van der Waals surface area (Å²) in [6, 6.07) is 0.529. The van der Waals surface area contributed by atoms with Gasteiger partial charge in [-0.1, -0.05) is 0 Å². The summed E-state index contributed by atoms with van der Waals surface area (Å²) in [6.45, 7) is 4.21. The number of hydrogen-bond acceptors (Lipinski definition) is 2. The molecule has 0 bridgehead atoms. The molecule has 2 N–H and O–H groups in total. The van der Waals surface area contributed by atoms with E-state index in [1.807, 2.05) is 17.8 Å². The summed E-state index contributed by atoms with van der Waals surface area (Å²) in [7, 11) is 0. The maximum Gasteiger partial charge on any atom is 0.148 e. The Hall–Kier alpha value is -0.990. The van der Waals surface area contributed by atoms with Gasteiger partial charge in [0.25, 0.3) is 0 Å². The minimum atomic E-state index is 0.529. The number of nitrogens with two attached hydrogens (primary N) is 1. The Kier molecular flexibility index (Phi) is 1.60. The van der Waals surface area contributed by atoms with Crippen LogP contribution in [-0.4, -0.2) is 9.78 Å². The fourth-order valence-corrected chi connectivity index (χ4v) is 1.50. The predicted molar refractivity (Wildman–Crippen MR) is 48.8 cm³/mol. The second-order valence-electron chi connectivity index (χ2n) is 3.76. The van der Waals surface area contributed by atoms with E-state index in [4.69, 9.17) is 5.73 Å². The third-order valence-electron chi connectivity index (χ3n) is 2.67. The normalized spacial score (nSPS) is 19.5. The van der Waals surface area contributed by atoms with Gasteiger partial charge in [0.05, 0.1) is 6.04 Å². The Morgan fingerprint density at radius 2 is 2.33 bits per heavy atom. The van der Waals surface area contributed by atoms with E-state index in [0.717, 1.165) is 11.5 Å². The van der Waals surface area contributed by atoms with Crippen LogP contribution in [0.15, 0.2) is 6.20 Å². The molecule has 1 aliphatic rings. The van der Waals surface area contributed by atoms with Gasteiger partial charge >= 0.3 is 0 Å². The zero-order valence-electron chi connectivity index (χ0n) is 7.62. The molecule has 0 spiro atoms. The van der Waals surface area contributed by atoms with Crippen LogP contribution in [0.4, 0.5) is 5.82 Å². The molecule has 1 fully saturated rings. The Balaban J connectivity index is 2.21. The molecule has 12 heavy (non-hydrogen) atoms. The highest BCUT2D eigenvalue weighted by Gasteiger charge is 2.29. The summed E-state index contributed by atoms with van der Waals surface area (Å²) >= 11 is 0. The highest BCUT2D eigenvalue weighted by atomic mass is 15.3. The van der Waals surface area contributed by atoms with Crippen LogP contribution in [0.3, 0.4) is 0 Å². The van der Waals surface area contributed by atoms with E-state index in [2.05, 4.69) is 12.0 Å². The average Bonchev–Trinajstić information content (AvgIpc) is 2.80. The number of nitrogen functional groups attached to an aromatic ring is 1. The van der Waals surface area contributed by atoms with Crippen molar-refractivity contribution in [3.63, 3.8) is 0 Å². The second kappa shape index (κ2) is 2.51. The summed E-state index contributed by atoms with van der Waals surface area (Å²) in [4.78, 5) is 0. The highest BCUT2D eigenvalue weighted by molar-refractivity contribution is 5.35. The van der Waals surface area contributed by atoms with E-state index >= 15 is 0 Å². The highest BCUT2D eigenvalue weighted by Crippen LogP contribution is 2.39. The van der Waals surface area contributed by atoms with E-state index in [-0.39, 0.29) is 0 Å². The zero-order chi connectivity index (χ0) is 8.72. The third-order valence-corrected chi connectivity index (χ3v) is 2.67. The van der Waals surface area contributed by atoms with Gasteiger partial charge in [-0.05, 0) is 32.6 Å². The maximum absolute atomic E-state index is 5.67. The lowest BCUT2D eigenvalue weighted by atomic mass is 10.2. The Labute approximate surface area is 72.6 Å². The van der Waals surface area contributed by atoms with Crippen molar-refractivity contribution in [2.24, 2.45) is 5.92 Å². The lowest BCUT2D eigenvalue weighted by Gasteiger charge is -2.09. The van der Waals surface area contributed by atoms with E-state index in [9.17, 15) is 0 Å². The Bertz CT molecular complexity index is 266. The molecule has 0 amide bonds. The van der Waals surface area contributed by atoms with Crippen molar-refractivity contribution >= 4 is 5.82 Å². The Morgan fingerprint density at radius 3 is 2.75 bits per heavy atom. The molecule has 1 heterocycles. The van der Waals surface area contributed by atoms with Gasteiger partial charge in [0, 0.05) is 11.8 Å². The molecule has 3 heteroatoms. The molecule has 0 radical (unpaired) electrons. The van der Waals surface area contributed by atoms with Crippen LogP contribution in [-0.2, 0) is 0 Å². The summed E-state index contributed by atoms with van der Waals surface area (Å²) < 4.78 is 2.00. The molecule has 0 aliphatic heterocycles. The molecule has 0 aromatic carbocycles. The zero-order valence-corrected chi connectivity index (χ0v) is 7.62. The molecule has 66 valence electrons. The SMILES string of the molecule is Cc1cn(C(C)C2CC2)nc1N. The molecule has 1 aliphatic carbocycles. The summed E-state index contributed by atoms with van der Waals surface area (Å²) in [5.41, 5.74) is 6.75. The monoisotopic (exact) mass is 165 g/mol. The molecule has 0 saturated heterocycles. The quantitative estimate of drug-likeness (QED) is 0.725. The van der Waals surface area contributed by atoms with Crippen molar-refractivity contribution in [1.82, 2.24) is 9.78 Å². The van der Waals surface area contributed by atoms with Crippen molar-refractivity contribution in [1.29, 1.82) is 0 Å². The first kappa shape index (κ1) is 7.65. The molecule has 1 saturated carbocycles. The molecular formula is C9H15N3. The van der Waals surface area contributed by atoms with Crippen molar-refractivity contribution < 1.29 is 0 Å². The molecule has 1 aromatic rings. The van der Waals surface area contributed by atoms with Gasteiger partial charge in [-0.3, -0.25) is 4.68 Å². The first-order valence-corrected chi connectivity index (χ1v) is 4.49. The van der Waals surface area contributed by atoms with E-state index < -0.39 is 0 Å². The van der Waals surface area contributed by atoms with E-state index in [1.165, 1.54) is 12.8 Å². The summed E-state index contributed by atoms with van der Waals surface area (Å²) in [6.07, 6.45) is 4.73. The Morgan fingerprint density at radius 1 is 1.67 bits per heavy atom. The molecule has 1 aromatic heterocycles. The van der Waals surface area contributed by atoms with Gasteiger partial charge in [0.1, 0.15) is 5.82 Å². The van der Waals surface area contributed by atoms with Gasteiger partial charge in [-0.2, -0.15) is 5.10 Å². The maximum atomic E-state index is 5.67. The largest absolute Gasteiger partial charge is 0.382 e. The lowest BCUT2D eigenvalue weighted by Crippen LogP contribution is -2.07. The van der Waals surface area contributed by atoms with Crippen molar-refractivity contribution in [3.8, 4) is 0 Å². The average molecular weight is 165 g/mol. The molecule has 1 atom stereocenters. The van der Waals surface area contributed by atoms with Crippen LogP contribution in [0.25, 0.3) is 0 Å². The fourth-order valence-electron chi connectivity index (χ4n) is 1.50. The van der Waals surface area contributed by atoms with E-state index in [0.29, 0.717) is 11.9 Å². The second-order valence-corrected chi connectivity index (χ2v) is 3.76. The van der Waals surface area contributed by atoms with Crippen LogP contribution in [0.5, 0.6) is 0 Å². The minimum absolute atomic E-state index is 0.529. The molecular weight excluding hydrogens is 150 g/mol. The van der Waals surface area contributed by atoms with Gasteiger partial charge < -0.3 is 5.73 Å². The van der Waals surface area contributed by atoms with Gasteiger partial charge in [-0.25, -0.2) is 0 Å². The smallest absolute Gasteiger partial charge is 0.148 e. The molecule has 2 rings (SSSR count). The lowest BCUT2D eigenvalue weighted by molar-refractivity contribution is 0.441. The predicted octanol–water partition coefficient (Wildman–Crippen LogP) is 1.74. The number of aromatic nitrogens is 2. The van der Waals surface area contributed by atoms with E-state index in [1.54, 1.807) is 0 Å². The van der Waals surface area contributed by atoms with Gasteiger partial charge in [0.15, 0.2) is 0 Å². The number of hydrogen-bond donors (Lipinski definition) is 1. The van der Waals surface area contributed by atoms with Gasteiger partial charge in [0.2, 0.25) is 0 Å². The van der Waals surface area contributed by atoms with Crippen molar-refractivity contribution in [3.05, 3.63) is 11.8 Å². The number of rotatable bonds is 2. The summed E-state index contributed by atoms with van der Waals surface area (Å²) in [5, 5.41) is 4.27. The minimum Gasteiger partial charge on any atom is -0.382 e. The number of nitrogens with zero attached hydrogens (tertiary/aromatic N) is 2. The first-order valence-electron chi connectivity index (χ1n) is 4.49. The molecule has 3 nitrogen and oxygen atoms in total. The topological polar surface area (TPSA) is 43.8 Å². The van der Waals surface area contributed by atoms with Crippen LogP contribution in [0.2, 0.25) is 0 Å². The van der Waals surface area contributed by atoms with Crippen LogP contribution in [0.1, 0.15) is 31.4 Å². The number of anilines is 1. The van der Waals surface area contributed by atoms with Crippen LogP contribution < -0.4 is 5.73 Å². The fraction of sp³-hybridized carbons (Fsp3) is 0.667. The molecule has 1 unspecified atom stereocenters. The summed E-state index contributed by atoms with van der Waals surface area (Å²) in [5.74, 6) is 1.51. The van der Waals surface area contributed by atoms with Crippen LogP contribution >= 0.6 is 0 Å². The first-order chi connectivity index (χ1) is 5.68. The van der Waals surface area contributed by atoms with Crippen molar-refractivity contribution in [2.45, 2.75) is 32.7 Å². The van der Waals surface area contributed by atoms with Crippen molar-refractivity contribution in [2.75, 3.05) is 5.73 Å². The third kappa shape index (κ3) is 1.19.